The number of rotatable bonds is 3. The first-order valence-corrected chi connectivity index (χ1v) is 9.14. The van der Waals surface area contributed by atoms with Gasteiger partial charge in [0.2, 0.25) is 0 Å². The van der Waals surface area contributed by atoms with Gasteiger partial charge in [-0.3, -0.25) is 0 Å². The number of ether oxygens (including phenoxy) is 1. The van der Waals surface area contributed by atoms with Crippen molar-refractivity contribution in [2.75, 3.05) is 7.11 Å². The van der Waals surface area contributed by atoms with Crippen LogP contribution in [0.4, 0.5) is 4.39 Å². The molecule has 1 atom stereocenters. The second-order valence-electron chi connectivity index (χ2n) is 4.04. The van der Waals surface area contributed by atoms with Gasteiger partial charge in [0.05, 0.1) is 16.4 Å². The molecule has 20 heavy (non-hydrogen) atoms. The first-order chi connectivity index (χ1) is 9.43. The molecule has 1 unspecified atom stereocenters. The van der Waals surface area contributed by atoms with Gasteiger partial charge in [0.1, 0.15) is 11.6 Å². The summed E-state index contributed by atoms with van der Waals surface area (Å²) < 4.78 is 21.4. The van der Waals surface area contributed by atoms with Crippen molar-refractivity contribution in [1.29, 1.82) is 0 Å². The molecule has 6 heteroatoms. The van der Waals surface area contributed by atoms with Crippen molar-refractivity contribution < 1.29 is 9.13 Å². The highest BCUT2D eigenvalue weighted by molar-refractivity contribution is 14.1. The zero-order valence-corrected chi connectivity index (χ0v) is 17.2. The average molecular weight is 579 g/mol. The lowest BCUT2D eigenvalue weighted by Gasteiger charge is -2.17. The standard InChI is InChI=1S/C14H9Br3FIO/c1-20-13-6-12(18)11(16)5-9(13)14(17)8-4-7(19)2-3-10(8)15/h2-6,14H,1H3. The van der Waals surface area contributed by atoms with E-state index in [9.17, 15) is 4.39 Å². The third-order valence-electron chi connectivity index (χ3n) is 2.78. The van der Waals surface area contributed by atoms with Crippen LogP contribution in [0.3, 0.4) is 0 Å². The Bertz CT molecular complexity index is 649. The fourth-order valence-corrected chi connectivity index (χ4v) is 4.19. The smallest absolute Gasteiger partial charge is 0.141 e. The molecule has 0 bridgehead atoms. The Morgan fingerprint density at radius 1 is 1.10 bits per heavy atom. The largest absolute Gasteiger partial charge is 0.496 e. The summed E-state index contributed by atoms with van der Waals surface area (Å²) in [5.41, 5.74) is 1.93. The van der Waals surface area contributed by atoms with E-state index in [1.807, 2.05) is 12.1 Å². The quantitative estimate of drug-likeness (QED) is 0.301. The number of halogens is 5. The Balaban J connectivity index is 2.55. The molecule has 2 aromatic rings. The minimum atomic E-state index is -0.341. The van der Waals surface area contributed by atoms with Crippen LogP contribution in [0.25, 0.3) is 0 Å². The minimum Gasteiger partial charge on any atom is -0.496 e. The van der Waals surface area contributed by atoms with Gasteiger partial charge < -0.3 is 4.74 Å². The Morgan fingerprint density at radius 3 is 2.45 bits per heavy atom. The zero-order chi connectivity index (χ0) is 14.9. The van der Waals surface area contributed by atoms with Gasteiger partial charge in [0, 0.05) is 19.7 Å². The van der Waals surface area contributed by atoms with Crippen molar-refractivity contribution in [3.8, 4) is 5.75 Å². The predicted octanol–water partition coefficient (Wildman–Crippen LogP) is 6.45. The molecule has 0 radical (unpaired) electrons. The number of alkyl halides is 1. The molecule has 0 N–H and O–H groups in total. The van der Waals surface area contributed by atoms with Crippen LogP contribution < -0.4 is 4.74 Å². The number of methoxy groups -OCH3 is 1. The maximum Gasteiger partial charge on any atom is 0.141 e. The van der Waals surface area contributed by atoms with Crippen LogP contribution in [0.1, 0.15) is 16.0 Å². The van der Waals surface area contributed by atoms with Gasteiger partial charge in [-0.25, -0.2) is 4.39 Å². The highest BCUT2D eigenvalue weighted by atomic mass is 127. The molecule has 0 aromatic heterocycles. The van der Waals surface area contributed by atoms with Gasteiger partial charge in [-0.15, -0.1) is 0 Å². The van der Waals surface area contributed by atoms with Crippen molar-refractivity contribution in [3.63, 3.8) is 0 Å². The molecule has 0 fully saturated rings. The van der Waals surface area contributed by atoms with Crippen LogP contribution in [0.15, 0.2) is 39.3 Å². The lowest BCUT2D eigenvalue weighted by molar-refractivity contribution is 0.406. The second-order valence-corrected chi connectivity index (χ2v) is 7.91. The van der Waals surface area contributed by atoms with Crippen LogP contribution in [0.2, 0.25) is 0 Å². The number of hydrogen-bond acceptors (Lipinski definition) is 1. The first kappa shape index (κ1) is 16.7. The summed E-state index contributed by atoms with van der Waals surface area (Å²) in [7, 11) is 1.54. The molecule has 2 rings (SSSR count). The summed E-state index contributed by atoms with van der Waals surface area (Å²) >= 11 is 12.7. The normalized spacial score (nSPS) is 12.3. The SMILES string of the molecule is COc1cc(F)c(Br)cc1C(Br)c1cc(I)ccc1Br. The second kappa shape index (κ2) is 7.07. The maximum absolute atomic E-state index is 13.6. The van der Waals surface area contributed by atoms with Gasteiger partial charge in [-0.1, -0.05) is 31.9 Å². The number of hydrogen-bond donors (Lipinski definition) is 0. The first-order valence-electron chi connectivity index (χ1n) is 5.56. The van der Waals surface area contributed by atoms with Crippen molar-refractivity contribution in [3.05, 3.63) is 59.8 Å². The molecule has 1 nitrogen and oxygen atoms in total. The van der Waals surface area contributed by atoms with Crippen LogP contribution in [-0.2, 0) is 0 Å². The molecule has 0 aliphatic carbocycles. The van der Waals surface area contributed by atoms with E-state index in [1.165, 1.54) is 13.2 Å². The maximum atomic E-state index is 13.6. The molecule has 0 spiro atoms. The molecule has 2 aromatic carbocycles. The van der Waals surface area contributed by atoms with Crippen molar-refractivity contribution in [2.45, 2.75) is 4.83 Å². The summed E-state index contributed by atoms with van der Waals surface area (Å²) in [6.07, 6.45) is 0. The molecule has 0 aliphatic rings. The fourth-order valence-electron chi connectivity index (χ4n) is 1.80. The predicted molar refractivity (Wildman–Crippen MR) is 98.3 cm³/mol. The fraction of sp³-hybridized carbons (Fsp3) is 0.143. The van der Waals surface area contributed by atoms with Crippen LogP contribution in [0.5, 0.6) is 5.75 Å². The third kappa shape index (κ3) is 3.56. The van der Waals surface area contributed by atoms with Crippen LogP contribution >= 0.6 is 70.4 Å². The van der Waals surface area contributed by atoms with Crippen molar-refractivity contribution in [2.24, 2.45) is 0 Å². The molecular formula is C14H9Br3FIO. The summed E-state index contributed by atoms with van der Waals surface area (Å²) in [6.45, 7) is 0. The summed E-state index contributed by atoms with van der Waals surface area (Å²) in [5.74, 6) is 0.172. The van der Waals surface area contributed by atoms with Gasteiger partial charge >= 0.3 is 0 Å². The Hall–Kier alpha value is 0.340. The molecule has 106 valence electrons. The Morgan fingerprint density at radius 2 is 1.80 bits per heavy atom. The molecular weight excluding hydrogens is 570 g/mol. The zero-order valence-electron chi connectivity index (χ0n) is 10.3. The highest BCUT2D eigenvalue weighted by Gasteiger charge is 2.20. The highest BCUT2D eigenvalue weighted by Crippen LogP contribution is 2.41. The van der Waals surface area contributed by atoms with Crippen LogP contribution in [0, 0.1) is 9.39 Å². The summed E-state index contributed by atoms with van der Waals surface area (Å²) in [4.78, 5) is -0.0987. The van der Waals surface area contributed by atoms with Gasteiger partial charge in [0.15, 0.2) is 0 Å². The lowest BCUT2D eigenvalue weighted by Crippen LogP contribution is -2.00. The van der Waals surface area contributed by atoms with Gasteiger partial charge in [0.25, 0.3) is 0 Å². The van der Waals surface area contributed by atoms with Gasteiger partial charge in [-0.2, -0.15) is 0 Å². The Kier molecular flexibility index (Phi) is 5.90. The molecule has 0 heterocycles. The lowest BCUT2D eigenvalue weighted by atomic mass is 10.0. The van der Waals surface area contributed by atoms with Gasteiger partial charge in [-0.05, 0) is 68.3 Å². The van der Waals surface area contributed by atoms with E-state index < -0.39 is 0 Å². The summed E-state index contributed by atoms with van der Waals surface area (Å²) in [6, 6.07) is 9.21. The average Bonchev–Trinajstić information content (AvgIpc) is 2.43. The Labute approximate surface area is 155 Å². The van der Waals surface area contributed by atoms with Crippen molar-refractivity contribution in [1.82, 2.24) is 0 Å². The van der Waals surface area contributed by atoms with E-state index in [1.54, 1.807) is 6.07 Å². The van der Waals surface area contributed by atoms with E-state index in [-0.39, 0.29) is 10.6 Å². The van der Waals surface area contributed by atoms with E-state index >= 15 is 0 Å². The van der Waals surface area contributed by atoms with E-state index in [2.05, 4.69) is 76.4 Å². The molecule has 0 aliphatic heterocycles. The van der Waals surface area contributed by atoms with E-state index in [4.69, 9.17) is 4.74 Å². The van der Waals surface area contributed by atoms with Crippen molar-refractivity contribution >= 4 is 70.4 Å². The van der Waals surface area contributed by atoms with E-state index in [0.717, 1.165) is 19.2 Å². The molecule has 0 saturated carbocycles. The third-order valence-corrected chi connectivity index (χ3v) is 5.76. The monoisotopic (exact) mass is 576 g/mol. The summed E-state index contributed by atoms with van der Waals surface area (Å²) in [5, 5.41) is 0. The molecule has 0 saturated heterocycles. The van der Waals surface area contributed by atoms with E-state index in [0.29, 0.717) is 10.2 Å². The minimum absolute atomic E-state index is 0.0987. The number of benzene rings is 2. The molecule has 0 amide bonds. The topological polar surface area (TPSA) is 9.23 Å². The van der Waals surface area contributed by atoms with Crippen LogP contribution in [-0.4, -0.2) is 7.11 Å².